The number of carbonyl (C=O) groups excluding carboxylic acids is 2. The number of aromatic hydroxyl groups is 1. The lowest BCUT2D eigenvalue weighted by atomic mass is 9.97. The smallest absolute Gasteiger partial charge is 0.275 e. The van der Waals surface area contributed by atoms with Gasteiger partial charge in [0.15, 0.2) is 0 Å². The van der Waals surface area contributed by atoms with Crippen LogP contribution in [-0.4, -0.2) is 39.9 Å². The lowest BCUT2D eigenvalue weighted by molar-refractivity contribution is -0.131. The number of aromatic nitrogens is 1. The van der Waals surface area contributed by atoms with Crippen molar-refractivity contribution in [3.8, 4) is 5.75 Å². The minimum Gasteiger partial charge on any atom is -0.508 e. The van der Waals surface area contributed by atoms with Crippen LogP contribution in [-0.2, 0) is 11.2 Å². The number of amides is 2. The third-order valence-corrected chi connectivity index (χ3v) is 7.74. The van der Waals surface area contributed by atoms with E-state index in [-0.39, 0.29) is 23.5 Å². The average molecular weight is 506 g/mol. The van der Waals surface area contributed by atoms with Crippen LogP contribution in [0, 0.1) is 0 Å². The number of thiazole rings is 1. The van der Waals surface area contributed by atoms with E-state index in [1.54, 1.807) is 29.6 Å². The summed E-state index contributed by atoms with van der Waals surface area (Å²) < 4.78 is 0. The Morgan fingerprint density at radius 1 is 1.09 bits per heavy atom. The molecule has 4 aromatic rings. The molecule has 1 aromatic heterocycles. The van der Waals surface area contributed by atoms with Crippen molar-refractivity contribution in [2.75, 3.05) is 18.4 Å². The fourth-order valence-electron chi connectivity index (χ4n) is 4.44. The molecule has 0 unspecified atom stereocenters. The van der Waals surface area contributed by atoms with Gasteiger partial charge in [0, 0.05) is 40.5 Å². The van der Waals surface area contributed by atoms with Gasteiger partial charge in [0.2, 0.25) is 5.91 Å². The highest BCUT2D eigenvalue weighted by atomic mass is 35.5. The number of likely N-dealkylation sites (tertiary alicyclic amines) is 1. The van der Waals surface area contributed by atoms with E-state index in [0.717, 1.165) is 34.2 Å². The Labute approximate surface area is 212 Å². The quantitative estimate of drug-likeness (QED) is 0.356. The predicted molar refractivity (Wildman–Crippen MR) is 139 cm³/mol. The number of nitrogens with one attached hydrogen (secondary N) is 1. The summed E-state index contributed by atoms with van der Waals surface area (Å²) in [6.07, 6.45) is 1.94. The molecule has 2 heterocycles. The summed E-state index contributed by atoms with van der Waals surface area (Å²) >= 11 is 7.69. The average Bonchev–Trinajstić information content (AvgIpc) is 3.36. The van der Waals surface area contributed by atoms with Gasteiger partial charge in [-0.2, -0.15) is 0 Å². The Balaban J connectivity index is 1.20. The second kappa shape index (κ2) is 10.1. The summed E-state index contributed by atoms with van der Waals surface area (Å²) in [5, 5.41) is 17.7. The van der Waals surface area contributed by atoms with Crippen LogP contribution in [0.4, 0.5) is 5.69 Å². The van der Waals surface area contributed by atoms with Gasteiger partial charge in [-0.3, -0.25) is 9.59 Å². The maximum absolute atomic E-state index is 12.9. The van der Waals surface area contributed by atoms with Crippen molar-refractivity contribution in [2.45, 2.75) is 25.2 Å². The molecular formula is C27H24ClN3O3S. The molecule has 6 nitrogen and oxygen atoms in total. The standard InChI is InChI=1S/C27H24ClN3O3S/c28-22-6-2-1-4-19(22)15-25(33)31-12-10-17(11-13-31)27-30-24(16-35-27)26(34)29-23-7-3-5-18-14-20(32)8-9-21(18)23/h1-9,14,16-17,32H,10-13,15H2,(H,29,34). The lowest BCUT2D eigenvalue weighted by Crippen LogP contribution is -2.38. The maximum Gasteiger partial charge on any atom is 0.275 e. The highest BCUT2D eigenvalue weighted by Gasteiger charge is 2.26. The molecule has 35 heavy (non-hydrogen) atoms. The molecule has 5 rings (SSSR count). The molecule has 0 radical (unpaired) electrons. The fraction of sp³-hybridized carbons (Fsp3) is 0.222. The first-order valence-electron chi connectivity index (χ1n) is 11.5. The third kappa shape index (κ3) is 5.16. The van der Waals surface area contributed by atoms with Crippen LogP contribution in [0.3, 0.4) is 0 Å². The summed E-state index contributed by atoms with van der Waals surface area (Å²) in [7, 11) is 0. The van der Waals surface area contributed by atoms with Crippen molar-refractivity contribution in [3.05, 3.63) is 87.3 Å². The zero-order valence-electron chi connectivity index (χ0n) is 18.9. The highest BCUT2D eigenvalue weighted by molar-refractivity contribution is 7.10. The van der Waals surface area contributed by atoms with Crippen LogP contribution >= 0.6 is 22.9 Å². The number of phenols is 1. The van der Waals surface area contributed by atoms with E-state index >= 15 is 0 Å². The molecule has 0 atom stereocenters. The number of halogens is 1. The van der Waals surface area contributed by atoms with Crippen molar-refractivity contribution in [2.24, 2.45) is 0 Å². The molecular weight excluding hydrogens is 482 g/mol. The van der Waals surface area contributed by atoms with Gasteiger partial charge in [-0.05, 0) is 54.1 Å². The molecule has 1 fully saturated rings. The SMILES string of the molecule is O=C(Nc1cccc2cc(O)ccc12)c1csc(C2CCN(C(=O)Cc3ccccc3Cl)CC2)n1. The number of anilines is 1. The Kier molecular flexibility index (Phi) is 6.70. The number of fused-ring (bicyclic) bond motifs is 1. The molecule has 8 heteroatoms. The van der Waals surface area contributed by atoms with Crippen molar-refractivity contribution in [3.63, 3.8) is 0 Å². The second-order valence-electron chi connectivity index (χ2n) is 8.66. The number of piperidine rings is 1. The van der Waals surface area contributed by atoms with E-state index in [2.05, 4.69) is 10.3 Å². The molecule has 2 N–H and O–H groups in total. The van der Waals surface area contributed by atoms with Gasteiger partial charge in [0.25, 0.3) is 5.91 Å². The number of phenolic OH excluding ortho intramolecular Hbond substituents is 1. The molecule has 1 saturated heterocycles. The molecule has 0 saturated carbocycles. The molecule has 2 amide bonds. The van der Waals surface area contributed by atoms with Crippen LogP contribution in [0.1, 0.15) is 39.8 Å². The predicted octanol–water partition coefficient (Wildman–Crippen LogP) is 5.86. The first-order valence-corrected chi connectivity index (χ1v) is 12.7. The molecule has 0 bridgehead atoms. The summed E-state index contributed by atoms with van der Waals surface area (Å²) in [5.74, 6) is 0.229. The van der Waals surface area contributed by atoms with Crippen LogP contribution in [0.15, 0.2) is 66.0 Å². The molecule has 178 valence electrons. The fourth-order valence-corrected chi connectivity index (χ4v) is 5.61. The van der Waals surface area contributed by atoms with Crippen molar-refractivity contribution in [1.82, 2.24) is 9.88 Å². The van der Waals surface area contributed by atoms with Crippen molar-refractivity contribution >= 4 is 51.2 Å². The molecule has 3 aromatic carbocycles. The number of benzene rings is 3. The van der Waals surface area contributed by atoms with E-state index in [4.69, 9.17) is 11.6 Å². The third-order valence-electron chi connectivity index (χ3n) is 6.36. The number of carbonyl (C=O) groups is 2. The molecule has 1 aliphatic rings. The Morgan fingerprint density at radius 3 is 2.69 bits per heavy atom. The lowest BCUT2D eigenvalue weighted by Gasteiger charge is -2.31. The van der Waals surface area contributed by atoms with Gasteiger partial charge in [0.05, 0.1) is 11.4 Å². The number of rotatable bonds is 5. The van der Waals surface area contributed by atoms with Gasteiger partial charge in [0.1, 0.15) is 11.4 Å². The van der Waals surface area contributed by atoms with Crippen LogP contribution < -0.4 is 5.32 Å². The van der Waals surface area contributed by atoms with E-state index in [0.29, 0.717) is 35.9 Å². The summed E-state index contributed by atoms with van der Waals surface area (Å²) in [6.45, 7) is 1.33. The summed E-state index contributed by atoms with van der Waals surface area (Å²) in [6, 6.07) is 18.0. The molecule has 0 aliphatic carbocycles. The van der Waals surface area contributed by atoms with Gasteiger partial charge < -0.3 is 15.3 Å². The van der Waals surface area contributed by atoms with Crippen molar-refractivity contribution in [1.29, 1.82) is 0 Å². The summed E-state index contributed by atoms with van der Waals surface area (Å²) in [4.78, 5) is 32.1. The van der Waals surface area contributed by atoms with Gasteiger partial charge in [-0.25, -0.2) is 4.98 Å². The number of hydrogen-bond donors (Lipinski definition) is 2. The Bertz CT molecular complexity index is 1400. The van der Waals surface area contributed by atoms with Crippen LogP contribution in [0.5, 0.6) is 5.75 Å². The largest absolute Gasteiger partial charge is 0.508 e. The Hall–Kier alpha value is -3.42. The first kappa shape index (κ1) is 23.3. The highest BCUT2D eigenvalue weighted by Crippen LogP contribution is 2.32. The first-order chi connectivity index (χ1) is 17.0. The second-order valence-corrected chi connectivity index (χ2v) is 9.96. The topological polar surface area (TPSA) is 82.5 Å². The van der Waals surface area contributed by atoms with E-state index in [9.17, 15) is 14.7 Å². The number of hydrogen-bond acceptors (Lipinski definition) is 5. The van der Waals surface area contributed by atoms with Gasteiger partial charge in [-0.15, -0.1) is 11.3 Å². The maximum atomic E-state index is 12.9. The minimum absolute atomic E-state index is 0.0826. The van der Waals surface area contributed by atoms with Crippen LogP contribution in [0.2, 0.25) is 5.02 Å². The molecule has 1 aliphatic heterocycles. The van der Waals surface area contributed by atoms with E-state index in [1.807, 2.05) is 41.3 Å². The minimum atomic E-state index is -0.263. The van der Waals surface area contributed by atoms with Gasteiger partial charge >= 0.3 is 0 Å². The van der Waals surface area contributed by atoms with E-state index in [1.165, 1.54) is 11.3 Å². The normalized spacial score (nSPS) is 14.3. The Morgan fingerprint density at radius 2 is 1.89 bits per heavy atom. The van der Waals surface area contributed by atoms with Crippen molar-refractivity contribution < 1.29 is 14.7 Å². The molecule has 0 spiro atoms. The monoisotopic (exact) mass is 505 g/mol. The zero-order chi connectivity index (χ0) is 24.4. The zero-order valence-corrected chi connectivity index (χ0v) is 20.5. The number of nitrogens with zero attached hydrogens (tertiary/aromatic N) is 2. The van der Waals surface area contributed by atoms with Gasteiger partial charge in [-0.1, -0.05) is 41.9 Å². The van der Waals surface area contributed by atoms with E-state index < -0.39 is 0 Å². The summed E-state index contributed by atoms with van der Waals surface area (Å²) in [5.41, 5.74) is 1.91. The van der Waals surface area contributed by atoms with Crippen LogP contribution in [0.25, 0.3) is 10.8 Å².